The fourth-order valence-electron chi connectivity index (χ4n) is 2.78. The van der Waals surface area contributed by atoms with E-state index < -0.39 is 0 Å². The third-order valence-corrected chi connectivity index (χ3v) is 3.57. The standard InChI is InChI=1S/C19H27NO4.C2H6/c1-6-7-13-8-17(21)24-19-14(10-20)15(22-11(2)3)9-16(18(13)19)23-12(4)5;1-2/h8-9,11-12H,6-7,10,20H2,1-5H3;1-2H3. The highest BCUT2D eigenvalue weighted by atomic mass is 16.5. The van der Waals surface area contributed by atoms with Gasteiger partial charge in [0.15, 0.2) is 5.58 Å². The molecule has 1 aromatic carbocycles. The lowest BCUT2D eigenvalue weighted by Gasteiger charge is -2.20. The predicted octanol–water partition coefficient (Wildman–Crippen LogP) is 4.80. The van der Waals surface area contributed by atoms with Gasteiger partial charge in [0.25, 0.3) is 0 Å². The minimum absolute atomic E-state index is 0.00905. The molecular formula is C21H33NO4. The molecule has 0 bridgehead atoms. The molecule has 0 saturated carbocycles. The van der Waals surface area contributed by atoms with Crippen molar-refractivity contribution in [1.82, 2.24) is 0 Å². The Labute approximate surface area is 156 Å². The summed E-state index contributed by atoms with van der Waals surface area (Å²) in [4.78, 5) is 12.0. The van der Waals surface area contributed by atoms with Crippen molar-refractivity contribution in [2.75, 3.05) is 0 Å². The van der Waals surface area contributed by atoms with Gasteiger partial charge in [0, 0.05) is 18.7 Å². The van der Waals surface area contributed by atoms with Crippen LogP contribution in [0.25, 0.3) is 11.0 Å². The molecule has 0 spiro atoms. The summed E-state index contributed by atoms with van der Waals surface area (Å²) in [5, 5.41) is 0.821. The topological polar surface area (TPSA) is 74.7 Å². The fraction of sp³-hybridized carbons (Fsp3) is 0.571. The summed E-state index contributed by atoms with van der Waals surface area (Å²) in [6.45, 7) is 14.1. The third-order valence-electron chi connectivity index (χ3n) is 3.57. The van der Waals surface area contributed by atoms with Gasteiger partial charge >= 0.3 is 5.63 Å². The van der Waals surface area contributed by atoms with E-state index in [-0.39, 0.29) is 24.4 Å². The number of ether oxygens (including phenoxy) is 2. The molecule has 146 valence electrons. The summed E-state index contributed by atoms with van der Waals surface area (Å²) in [7, 11) is 0. The molecule has 0 fully saturated rings. The Morgan fingerprint density at radius 1 is 1.04 bits per heavy atom. The predicted molar refractivity (Wildman–Crippen MR) is 107 cm³/mol. The van der Waals surface area contributed by atoms with Gasteiger partial charge in [0.2, 0.25) is 0 Å². The lowest BCUT2D eigenvalue weighted by atomic mass is 10.0. The fourth-order valence-corrected chi connectivity index (χ4v) is 2.78. The van der Waals surface area contributed by atoms with Crippen molar-refractivity contribution in [2.24, 2.45) is 5.73 Å². The third kappa shape index (κ3) is 5.24. The van der Waals surface area contributed by atoms with Crippen LogP contribution in [0, 0.1) is 0 Å². The highest BCUT2D eigenvalue weighted by molar-refractivity contribution is 5.91. The second-order valence-electron chi connectivity index (χ2n) is 6.43. The van der Waals surface area contributed by atoms with Gasteiger partial charge in [-0.15, -0.1) is 0 Å². The normalized spacial score (nSPS) is 10.8. The molecule has 1 aromatic heterocycles. The Morgan fingerprint density at radius 2 is 1.62 bits per heavy atom. The first-order valence-electron chi connectivity index (χ1n) is 9.53. The van der Waals surface area contributed by atoms with Crippen LogP contribution in [0.2, 0.25) is 0 Å². The average Bonchev–Trinajstić information content (AvgIpc) is 2.55. The Balaban J connectivity index is 0.00000163. The summed E-state index contributed by atoms with van der Waals surface area (Å²) < 4.78 is 17.4. The molecule has 0 aliphatic rings. The number of aryl methyl sites for hydroxylation is 1. The summed E-state index contributed by atoms with van der Waals surface area (Å²) in [5.41, 5.74) is 7.65. The summed E-state index contributed by atoms with van der Waals surface area (Å²) in [5.74, 6) is 1.27. The molecule has 0 radical (unpaired) electrons. The van der Waals surface area contributed by atoms with Gasteiger partial charge in [-0.05, 0) is 39.7 Å². The van der Waals surface area contributed by atoms with Crippen LogP contribution in [-0.2, 0) is 13.0 Å². The maximum atomic E-state index is 12.0. The lowest BCUT2D eigenvalue weighted by Crippen LogP contribution is -2.13. The highest BCUT2D eigenvalue weighted by Crippen LogP contribution is 2.38. The van der Waals surface area contributed by atoms with Crippen LogP contribution >= 0.6 is 0 Å². The van der Waals surface area contributed by atoms with Crippen molar-refractivity contribution >= 4 is 11.0 Å². The summed E-state index contributed by atoms with van der Waals surface area (Å²) in [6.07, 6.45) is 1.66. The molecule has 0 aliphatic carbocycles. The minimum Gasteiger partial charge on any atom is -0.490 e. The van der Waals surface area contributed by atoms with Crippen molar-refractivity contribution in [2.45, 2.75) is 80.1 Å². The van der Waals surface area contributed by atoms with Crippen LogP contribution in [-0.4, -0.2) is 12.2 Å². The first-order chi connectivity index (χ1) is 12.4. The summed E-state index contributed by atoms with van der Waals surface area (Å²) >= 11 is 0. The SMILES string of the molecule is CC.CCCc1cc(=O)oc2c(CN)c(OC(C)C)cc(OC(C)C)c12. The molecule has 26 heavy (non-hydrogen) atoms. The number of fused-ring (bicyclic) bond motifs is 1. The van der Waals surface area contributed by atoms with Gasteiger partial charge in [-0.25, -0.2) is 4.79 Å². The van der Waals surface area contributed by atoms with Gasteiger partial charge in [0.1, 0.15) is 11.5 Å². The van der Waals surface area contributed by atoms with E-state index in [1.165, 1.54) is 0 Å². The summed E-state index contributed by atoms with van der Waals surface area (Å²) in [6, 6.07) is 3.41. The van der Waals surface area contributed by atoms with Gasteiger partial charge in [0.05, 0.1) is 23.2 Å². The maximum absolute atomic E-state index is 12.0. The molecule has 5 heteroatoms. The number of nitrogens with two attached hydrogens (primary N) is 1. The van der Waals surface area contributed by atoms with E-state index in [0.717, 1.165) is 23.8 Å². The molecule has 1 heterocycles. The zero-order chi connectivity index (χ0) is 19.9. The van der Waals surface area contributed by atoms with Crippen LogP contribution in [0.1, 0.15) is 66.0 Å². The van der Waals surface area contributed by atoms with E-state index in [1.54, 1.807) is 6.07 Å². The van der Waals surface area contributed by atoms with Crippen molar-refractivity contribution in [3.63, 3.8) is 0 Å². The molecule has 2 N–H and O–H groups in total. The number of benzene rings is 1. The van der Waals surface area contributed by atoms with Gasteiger partial charge in [-0.2, -0.15) is 0 Å². The lowest BCUT2D eigenvalue weighted by molar-refractivity contribution is 0.229. The van der Waals surface area contributed by atoms with Gasteiger partial charge in [-0.3, -0.25) is 0 Å². The molecule has 0 amide bonds. The zero-order valence-corrected chi connectivity index (χ0v) is 17.1. The number of hydrogen-bond donors (Lipinski definition) is 1. The maximum Gasteiger partial charge on any atom is 0.336 e. The minimum atomic E-state index is -0.377. The van der Waals surface area contributed by atoms with Crippen molar-refractivity contribution in [3.8, 4) is 11.5 Å². The van der Waals surface area contributed by atoms with E-state index in [2.05, 4.69) is 6.92 Å². The number of rotatable bonds is 7. The molecule has 2 aromatic rings. The monoisotopic (exact) mass is 363 g/mol. The largest absolute Gasteiger partial charge is 0.490 e. The second kappa shape index (κ2) is 10.2. The van der Waals surface area contributed by atoms with Crippen molar-refractivity contribution in [1.29, 1.82) is 0 Å². The first-order valence-corrected chi connectivity index (χ1v) is 9.53. The van der Waals surface area contributed by atoms with Gasteiger partial charge in [-0.1, -0.05) is 27.2 Å². The molecule has 2 rings (SSSR count). The van der Waals surface area contributed by atoms with Crippen LogP contribution in [0.15, 0.2) is 21.3 Å². The van der Waals surface area contributed by atoms with E-state index in [1.807, 2.05) is 47.6 Å². The van der Waals surface area contributed by atoms with Crippen LogP contribution in [0.3, 0.4) is 0 Å². The second-order valence-corrected chi connectivity index (χ2v) is 6.43. The molecule has 0 saturated heterocycles. The zero-order valence-electron chi connectivity index (χ0n) is 17.1. The van der Waals surface area contributed by atoms with Crippen LogP contribution in [0.5, 0.6) is 11.5 Å². The molecule has 0 atom stereocenters. The van der Waals surface area contributed by atoms with Crippen LogP contribution < -0.4 is 20.8 Å². The van der Waals surface area contributed by atoms with E-state index in [4.69, 9.17) is 19.6 Å². The number of hydrogen-bond acceptors (Lipinski definition) is 5. The molecular weight excluding hydrogens is 330 g/mol. The highest BCUT2D eigenvalue weighted by Gasteiger charge is 2.20. The first kappa shape index (κ1) is 22.0. The van der Waals surface area contributed by atoms with Crippen LogP contribution in [0.4, 0.5) is 0 Å². The molecule has 5 nitrogen and oxygen atoms in total. The average molecular weight is 363 g/mol. The Kier molecular flexibility index (Phi) is 8.66. The Hall–Kier alpha value is -2.01. The smallest absolute Gasteiger partial charge is 0.336 e. The van der Waals surface area contributed by atoms with E-state index in [0.29, 0.717) is 22.6 Å². The van der Waals surface area contributed by atoms with E-state index in [9.17, 15) is 4.79 Å². The molecule has 0 aliphatic heterocycles. The quantitative estimate of drug-likeness (QED) is 0.715. The Morgan fingerprint density at radius 3 is 2.12 bits per heavy atom. The van der Waals surface area contributed by atoms with Crippen molar-refractivity contribution < 1.29 is 13.9 Å². The Bertz CT molecular complexity index is 763. The molecule has 0 unspecified atom stereocenters. The van der Waals surface area contributed by atoms with Crippen molar-refractivity contribution in [3.05, 3.63) is 33.7 Å². The van der Waals surface area contributed by atoms with Gasteiger partial charge < -0.3 is 19.6 Å². The van der Waals surface area contributed by atoms with E-state index >= 15 is 0 Å².